The normalized spacial score (nSPS) is 22.2. The third kappa shape index (κ3) is 3.42. The number of aliphatic hydroxyl groups excluding tert-OH is 1. The number of pyridine rings is 1. The molecule has 1 fully saturated rings. The van der Waals surface area contributed by atoms with Gasteiger partial charge < -0.3 is 19.5 Å². The largest absolute Gasteiger partial charge is 0.454 e. The van der Waals surface area contributed by atoms with Gasteiger partial charge in [0.25, 0.3) is 0 Å². The molecule has 1 aromatic heterocycles. The van der Waals surface area contributed by atoms with Crippen molar-refractivity contribution in [1.29, 1.82) is 0 Å². The molecular formula is C20H24N2O3. The van der Waals surface area contributed by atoms with Crippen LogP contribution < -0.4 is 14.4 Å². The number of aromatic nitrogens is 1. The van der Waals surface area contributed by atoms with Crippen molar-refractivity contribution in [2.75, 3.05) is 24.8 Å². The lowest BCUT2D eigenvalue weighted by molar-refractivity contribution is 0.174. The Morgan fingerprint density at radius 1 is 1.16 bits per heavy atom. The number of nitrogens with zero attached hydrogens (tertiary/aromatic N) is 2. The van der Waals surface area contributed by atoms with E-state index in [4.69, 9.17) is 9.47 Å². The molecule has 5 heteroatoms. The van der Waals surface area contributed by atoms with Gasteiger partial charge in [-0.25, -0.2) is 4.98 Å². The molecule has 1 unspecified atom stereocenters. The number of fused-ring (bicyclic) bond motifs is 1. The number of ether oxygens (including phenoxy) is 2. The lowest BCUT2D eigenvalue weighted by atomic mass is 9.77. The molecule has 1 aromatic carbocycles. The van der Waals surface area contributed by atoms with Crippen molar-refractivity contribution in [3.8, 4) is 11.5 Å². The number of rotatable bonds is 4. The second-order valence-electron chi connectivity index (χ2n) is 7.38. The van der Waals surface area contributed by atoms with E-state index in [1.165, 1.54) is 12.0 Å². The molecule has 1 N–H and O–H groups in total. The van der Waals surface area contributed by atoms with Crippen LogP contribution in [0.4, 0.5) is 5.82 Å². The van der Waals surface area contributed by atoms with Crippen molar-refractivity contribution in [3.63, 3.8) is 0 Å². The van der Waals surface area contributed by atoms with Crippen LogP contribution in [0.15, 0.2) is 36.5 Å². The molecule has 4 rings (SSSR count). The molecule has 0 aliphatic carbocycles. The zero-order valence-electron chi connectivity index (χ0n) is 14.6. The highest BCUT2D eigenvalue weighted by atomic mass is 16.7. The van der Waals surface area contributed by atoms with Crippen molar-refractivity contribution in [1.82, 2.24) is 4.98 Å². The van der Waals surface area contributed by atoms with Gasteiger partial charge in [-0.1, -0.05) is 13.0 Å². The average molecular weight is 340 g/mol. The summed E-state index contributed by atoms with van der Waals surface area (Å²) >= 11 is 0. The first-order valence-corrected chi connectivity index (χ1v) is 8.84. The molecule has 0 radical (unpaired) electrons. The van der Waals surface area contributed by atoms with Gasteiger partial charge in [0.05, 0.1) is 6.61 Å². The molecule has 2 aliphatic rings. The SMILES string of the molecule is CC1(Cc2ccc3c(c2)OCO3)CCCN(c2cc(CO)ccn2)C1. The lowest BCUT2D eigenvalue weighted by Gasteiger charge is -2.41. The maximum atomic E-state index is 9.37. The molecule has 1 atom stereocenters. The predicted octanol–water partition coefficient (Wildman–Crippen LogP) is 3.15. The standard InChI is InChI=1S/C20H24N2O3/c1-20(11-15-3-4-17-18(9-15)25-14-24-17)6-2-8-22(13-20)19-10-16(12-23)5-7-21-19/h3-5,7,9-10,23H,2,6,8,11-14H2,1H3. The maximum absolute atomic E-state index is 9.37. The lowest BCUT2D eigenvalue weighted by Crippen LogP contribution is -2.43. The number of benzene rings is 1. The van der Waals surface area contributed by atoms with E-state index < -0.39 is 0 Å². The van der Waals surface area contributed by atoms with E-state index in [1.54, 1.807) is 6.20 Å². The van der Waals surface area contributed by atoms with E-state index in [-0.39, 0.29) is 12.0 Å². The molecule has 25 heavy (non-hydrogen) atoms. The minimum Gasteiger partial charge on any atom is -0.454 e. The van der Waals surface area contributed by atoms with Crippen LogP contribution in [0, 0.1) is 5.41 Å². The molecular weight excluding hydrogens is 316 g/mol. The summed E-state index contributed by atoms with van der Waals surface area (Å²) in [5.41, 5.74) is 2.38. The molecule has 0 saturated carbocycles. The Labute approximate surface area is 148 Å². The molecule has 3 heterocycles. The summed E-state index contributed by atoms with van der Waals surface area (Å²) in [6, 6.07) is 10.1. The summed E-state index contributed by atoms with van der Waals surface area (Å²) in [5.74, 6) is 2.65. The van der Waals surface area contributed by atoms with Crippen LogP contribution in [0.3, 0.4) is 0 Å². The minimum atomic E-state index is 0.0534. The van der Waals surface area contributed by atoms with Crippen molar-refractivity contribution in [2.24, 2.45) is 5.41 Å². The van der Waals surface area contributed by atoms with Gasteiger partial charge in [-0.15, -0.1) is 0 Å². The third-order valence-electron chi connectivity index (χ3n) is 5.17. The minimum absolute atomic E-state index is 0.0534. The summed E-state index contributed by atoms with van der Waals surface area (Å²) in [6.07, 6.45) is 5.12. The van der Waals surface area contributed by atoms with Crippen molar-refractivity contribution in [2.45, 2.75) is 32.8 Å². The first-order chi connectivity index (χ1) is 12.1. The summed E-state index contributed by atoms with van der Waals surface area (Å²) in [5, 5.41) is 9.37. The zero-order chi connectivity index (χ0) is 17.3. The van der Waals surface area contributed by atoms with Crippen LogP contribution in [-0.4, -0.2) is 30.0 Å². The van der Waals surface area contributed by atoms with Crippen LogP contribution in [0.2, 0.25) is 0 Å². The Bertz CT molecular complexity index is 764. The van der Waals surface area contributed by atoms with E-state index in [1.807, 2.05) is 18.2 Å². The van der Waals surface area contributed by atoms with Crippen LogP contribution >= 0.6 is 0 Å². The smallest absolute Gasteiger partial charge is 0.231 e. The van der Waals surface area contributed by atoms with Gasteiger partial charge in [0.15, 0.2) is 11.5 Å². The molecule has 132 valence electrons. The second-order valence-corrected chi connectivity index (χ2v) is 7.38. The van der Waals surface area contributed by atoms with E-state index in [0.717, 1.165) is 48.8 Å². The van der Waals surface area contributed by atoms with E-state index >= 15 is 0 Å². The summed E-state index contributed by atoms with van der Waals surface area (Å²) < 4.78 is 10.9. The second kappa shape index (κ2) is 6.56. The summed E-state index contributed by atoms with van der Waals surface area (Å²) in [7, 11) is 0. The number of aliphatic hydroxyl groups is 1. The van der Waals surface area contributed by atoms with E-state index in [0.29, 0.717) is 6.79 Å². The quantitative estimate of drug-likeness (QED) is 0.927. The fourth-order valence-electron chi connectivity index (χ4n) is 3.93. The van der Waals surface area contributed by atoms with Gasteiger partial charge in [-0.2, -0.15) is 0 Å². The molecule has 2 aromatic rings. The highest BCUT2D eigenvalue weighted by molar-refractivity contribution is 5.45. The Balaban J connectivity index is 1.51. The highest BCUT2D eigenvalue weighted by Gasteiger charge is 2.32. The maximum Gasteiger partial charge on any atom is 0.231 e. The molecule has 0 bridgehead atoms. The predicted molar refractivity (Wildman–Crippen MR) is 96.0 cm³/mol. The monoisotopic (exact) mass is 340 g/mol. The van der Waals surface area contributed by atoms with Crippen LogP contribution in [0.1, 0.15) is 30.9 Å². The van der Waals surface area contributed by atoms with Crippen LogP contribution in [0.25, 0.3) is 0 Å². The molecule has 5 nitrogen and oxygen atoms in total. The van der Waals surface area contributed by atoms with Crippen molar-refractivity contribution >= 4 is 5.82 Å². The number of piperidine rings is 1. The zero-order valence-corrected chi connectivity index (χ0v) is 14.6. The summed E-state index contributed by atoms with van der Waals surface area (Å²) in [6.45, 7) is 4.69. The van der Waals surface area contributed by atoms with Crippen molar-refractivity contribution in [3.05, 3.63) is 47.7 Å². The summed E-state index contributed by atoms with van der Waals surface area (Å²) in [4.78, 5) is 6.85. The average Bonchev–Trinajstić information content (AvgIpc) is 3.09. The number of anilines is 1. The fraction of sp³-hybridized carbons (Fsp3) is 0.450. The molecule has 0 spiro atoms. The third-order valence-corrected chi connectivity index (χ3v) is 5.17. The number of hydrogen-bond donors (Lipinski definition) is 1. The van der Waals surface area contributed by atoms with Gasteiger partial charge in [-0.3, -0.25) is 0 Å². The highest BCUT2D eigenvalue weighted by Crippen LogP contribution is 2.38. The fourth-order valence-corrected chi connectivity index (χ4v) is 3.93. The van der Waals surface area contributed by atoms with Crippen molar-refractivity contribution < 1.29 is 14.6 Å². The molecule has 2 aliphatic heterocycles. The Kier molecular flexibility index (Phi) is 4.25. The first-order valence-electron chi connectivity index (χ1n) is 8.84. The van der Waals surface area contributed by atoms with E-state index in [9.17, 15) is 5.11 Å². The van der Waals surface area contributed by atoms with Gasteiger partial charge >= 0.3 is 0 Å². The first kappa shape index (κ1) is 16.2. The molecule has 0 amide bonds. The Hall–Kier alpha value is -2.27. The van der Waals surface area contributed by atoms with Crippen LogP contribution in [-0.2, 0) is 13.0 Å². The van der Waals surface area contributed by atoms with Gasteiger partial charge in [0.1, 0.15) is 5.82 Å². The number of hydrogen-bond acceptors (Lipinski definition) is 5. The Morgan fingerprint density at radius 2 is 2.04 bits per heavy atom. The van der Waals surface area contributed by atoms with Gasteiger partial charge in [-0.05, 0) is 60.1 Å². The van der Waals surface area contributed by atoms with Crippen LogP contribution in [0.5, 0.6) is 11.5 Å². The van der Waals surface area contributed by atoms with Gasteiger partial charge in [0.2, 0.25) is 6.79 Å². The molecule has 1 saturated heterocycles. The topological polar surface area (TPSA) is 54.8 Å². The Morgan fingerprint density at radius 3 is 2.92 bits per heavy atom. The van der Waals surface area contributed by atoms with E-state index in [2.05, 4.69) is 28.9 Å². The van der Waals surface area contributed by atoms with Gasteiger partial charge in [0, 0.05) is 19.3 Å².